The highest BCUT2D eigenvalue weighted by Gasteiger charge is 2.71. The first-order chi connectivity index (χ1) is 41.7. The standard InChI is InChI=1S/C60H102O29/c1-23(9-13-35(57(4,5)79)87-55-50(89-54-47(77)42(72)38(68)29(20-63)83-54)43(73)39(69)31(85-55)22-80-51-45(75)40(70)36(66)27(18-61)81-51)24-15-16-58(6)32-12-10-25-26(60(32,8)33(65)17-59(24,58)7)11-14-34(56(25,2)3)86-52-48(78)44(74)49(30(21-64)84-52)88-53-46(76)41(71)37(67)28(19-62)82-53/h10,23-24,26-55,61-79H,9,11-22H2,1-8H3/t23-,24-,26-,27-,28-,29-,30-,31-,32+,33-,34+,35-,36-,37-,38-,39-,40+,41+,42+,43+,44-,45-,46-,47-,48-,49-,50-,51?,52+,53+,54+,55?,58+,59-,60+/m1/s1. The van der Waals surface area contributed by atoms with Crippen molar-refractivity contribution in [2.75, 3.05) is 33.0 Å². The van der Waals surface area contributed by atoms with E-state index >= 15 is 0 Å². The van der Waals surface area contributed by atoms with Crippen molar-refractivity contribution in [3.05, 3.63) is 11.6 Å². The fourth-order valence-electron chi connectivity index (χ4n) is 17.1. The van der Waals surface area contributed by atoms with E-state index in [0.29, 0.717) is 32.1 Å². The minimum Gasteiger partial charge on any atom is -0.394 e. The summed E-state index contributed by atoms with van der Waals surface area (Å²) in [6.45, 7) is 12.3. The third kappa shape index (κ3) is 13.0. The SMILES string of the molecule is C[C@H](CC[C@@H](OC1O[C@H](COC2O[C@H](CO)[C@@H](O)[C@H](O)[C@H]2O)[C@@H](O)[C@H](O)[C@H]1O[C@@H]1O[C@H](CO)[C@@H](O)[C@H](O)[C@H]1O)C(C)(C)O)[C@H]1CC[C@@]2(C)[C@@H]3CC=C4[C@@H](CC[C@H](O[C@@H]5O[C@H](CO)[C@@H](O[C@@H]6O[C@H](CO)[C@@H](O)[C@H](O)[C@H]6O)[C@H](O)[C@H]5O)C4(C)C)[C@]3(C)[C@H](O)C[C@]12C. The molecule has 0 amide bonds. The minimum atomic E-state index is -1.96. The van der Waals surface area contributed by atoms with Crippen LogP contribution in [-0.4, -0.2) is 308 Å². The Morgan fingerprint density at radius 2 is 0.978 bits per heavy atom. The Balaban J connectivity index is 0.884. The van der Waals surface area contributed by atoms with E-state index in [1.807, 2.05) is 13.8 Å². The van der Waals surface area contributed by atoms with Crippen molar-refractivity contribution in [3.8, 4) is 0 Å². The lowest BCUT2D eigenvalue weighted by atomic mass is 9.38. The van der Waals surface area contributed by atoms with E-state index in [1.165, 1.54) is 13.8 Å². The van der Waals surface area contributed by atoms with Crippen molar-refractivity contribution in [1.29, 1.82) is 0 Å². The Kier molecular flexibility index (Phi) is 22.3. The second-order valence-electron chi connectivity index (χ2n) is 28.7. The Morgan fingerprint density at radius 3 is 1.52 bits per heavy atom. The quantitative estimate of drug-likeness (QED) is 0.0506. The van der Waals surface area contributed by atoms with Crippen LogP contribution in [0.25, 0.3) is 0 Å². The Labute approximate surface area is 517 Å². The van der Waals surface area contributed by atoms with Crippen molar-refractivity contribution < 1.29 is 144 Å². The zero-order chi connectivity index (χ0) is 65.5. The Bertz CT molecular complexity index is 2340. The fourth-order valence-corrected chi connectivity index (χ4v) is 17.1. The lowest BCUT2D eigenvalue weighted by molar-refractivity contribution is -0.380. The number of fused-ring (bicyclic) bond motifs is 5. The largest absolute Gasteiger partial charge is 0.394 e. The number of hydrogen-bond acceptors (Lipinski definition) is 29. The molecule has 4 aliphatic carbocycles. The molecule has 5 aliphatic heterocycles. The summed E-state index contributed by atoms with van der Waals surface area (Å²) < 4.78 is 59.5. The molecule has 516 valence electrons. The van der Waals surface area contributed by atoms with Gasteiger partial charge in [-0.25, -0.2) is 0 Å². The van der Waals surface area contributed by atoms with Gasteiger partial charge in [-0.2, -0.15) is 0 Å². The lowest BCUT2D eigenvalue weighted by Gasteiger charge is -2.67. The molecule has 0 aromatic heterocycles. The predicted molar refractivity (Wildman–Crippen MR) is 300 cm³/mol. The molecule has 0 radical (unpaired) electrons. The summed E-state index contributed by atoms with van der Waals surface area (Å²) in [5, 5.41) is 205. The molecule has 5 saturated heterocycles. The van der Waals surface area contributed by atoms with Crippen LogP contribution < -0.4 is 0 Å². The minimum absolute atomic E-state index is 0.0310. The number of rotatable bonds is 20. The van der Waals surface area contributed by atoms with E-state index in [4.69, 9.17) is 47.4 Å². The second kappa shape index (κ2) is 27.6. The summed E-state index contributed by atoms with van der Waals surface area (Å²) in [7, 11) is 0. The van der Waals surface area contributed by atoms with E-state index in [9.17, 15) is 97.0 Å². The fraction of sp³-hybridized carbons (Fsp3) is 0.967. The highest BCUT2D eigenvalue weighted by molar-refractivity contribution is 5.32. The molecule has 0 bridgehead atoms. The molecule has 9 aliphatic rings. The van der Waals surface area contributed by atoms with E-state index in [1.54, 1.807) is 0 Å². The number of hydrogen-bond donors (Lipinski definition) is 19. The Morgan fingerprint density at radius 1 is 0.517 bits per heavy atom. The van der Waals surface area contributed by atoms with Gasteiger partial charge in [0.05, 0.1) is 56.9 Å². The van der Waals surface area contributed by atoms with Crippen LogP contribution >= 0.6 is 0 Å². The van der Waals surface area contributed by atoms with E-state index in [-0.39, 0.29) is 35.5 Å². The maximum absolute atomic E-state index is 12.8. The summed E-state index contributed by atoms with van der Waals surface area (Å²) in [5.41, 5.74) is -2.49. The van der Waals surface area contributed by atoms with Gasteiger partial charge in [0, 0.05) is 10.8 Å². The molecular weight excluding hydrogens is 1180 g/mol. The van der Waals surface area contributed by atoms with E-state index < -0.39 is 227 Å². The molecule has 8 fully saturated rings. The Hall–Kier alpha value is -1.42. The molecule has 9 rings (SSSR count). The van der Waals surface area contributed by atoms with Crippen molar-refractivity contribution in [1.82, 2.24) is 0 Å². The van der Waals surface area contributed by atoms with Crippen LogP contribution in [-0.2, 0) is 47.4 Å². The van der Waals surface area contributed by atoms with Gasteiger partial charge >= 0.3 is 0 Å². The van der Waals surface area contributed by atoms with Gasteiger partial charge in [-0.3, -0.25) is 0 Å². The number of ether oxygens (including phenoxy) is 10. The molecule has 0 aromatic carbocycles. The van der Waals surface area contributed by atoms with Crippen LogP contribution in [0.1, 0.15) is 107 Å². The first-order valence-electron chi connectivity index (χ1n) is 31.6. The lowest BCUT2D eigenvalue weighted by Crippen LogP contribution is -2.66. The first-order valence-corrected chi connectivity index (χ1v) is 31.6. The van der Waals surface area contributed by atoms with Crippen molar-refractivity contribution in [3.63, 3.8) is 0 Å². The maximum atomic E-state index is 12.8. The topological polar surface area (TPSA) is 477 Å². The highest BCUT2D eigenvalue weighted by atomic mass is 16.8. The third-order valence-electron chi connectivity index (χ3n) is 22.9. The molecule has 0 spiro atoms. The summed E-state index contributed by atoms with van der Waals surface area (Å²) in [6, 6.07) is 0. The highest BCUT2D eigenvalue weighted by Crippen LogP contribution is 2.75. The summed E-state index contributed by atoms with van der Waals surface area (Å²) in [6.07, 6.45) is -37.7. The van der Waals surface area contributed by atoms with E-state index in [0.717, 1.165) is 18.4 Å². The molecule has 3 saturated carbocycles. The van der Waals surface area contributed by atoms with Crippen LogP contribution in [0.3, 0.4) is 0 Å². The second-order valence-corrected chi connectivity index (χ2v) is 28.7. The van der Waals surface area contributed by atoms with Crippen molar-refractivity contribution >= 4 is 0 Å². The van der Waals surface area contributed by atoms with Gasteiger partial charge in [-0.1, -0.05) is 53.2 Å². The summed E-state index contributed by atoms with van der Waals surface area (Å²) in [5.74, 6) is -0.0172. The zero-order valence-corrected chi connectivity index (χ0v) is 51.8. The average Bonchev–Trinajstić information content (AvgIpc) is 1.66. The van der Waals surface area contributed by atoms with E-state index in [2.05, 4.69) is 33.8 Å². The van der Waals surface area contributed by atoms with Crippen LogP contribution in [0.2, 0.25) is 0 Å². The summed E-state index contributed by atoms with van der Waals surface area (Å²) in [4.78, 5) is 0. The monoisotopic (exact) mass is 1290 g/mol. The van der Waals surface area contributed by atoms with Gasteiger partial charge in [-0.05, 0) is 99.7 Å². The molecule has 29 nitrogen and oxygen atoms in total. The number of aliphatic hydroxyl groups excluding tert-OH is 18. The summed E-state index contributed by atoms with van der Waals surface area (Å²) >= 11 is 0. The van der Waals surface area contributed by atoms with Gasteiger partial charge < -0.3 is 144 Å². The van der Waals surface area contributed by atoms with Crippen LogP contribution in [0, 0.1) is 45.3 Å². The number of aliphatic hydroxyl groups is 19. The third-order valence-corrected chi connectivity index (χ3v) is 22.9. The zero-order valence-electron chi connectivity index (χ0n) is 51.8. The van der Waals surface area contributed by atoms with Gasteiger partial charge in [0.2, 0.25) is 0 Å². The van der Waals surface area contributed by atoms with Crippen LogP contribution in [0.4, 0.5) is 0 Å². The molecule has 89 heavy (non-hydrogen) atoms. The molecule has 2 unspecified atom stereocenters. The maximum Gasteiger partial charge on any atom is 0.187 e. The van der Waals surface area contributed by atoms with Gasteiger partial charge in [0.25, 0.3) is 0 Å². The predicted octanol–water partition coefficient (Wildman–Crippen LogP) is -5.41. The van der Waals surface area contributed by atoms with Gasteiger partial charge in [0.15, 0.2) is 31.5 Å². The number of allylic oxidation sites excluding steroid dienone is 1. The molecule has 0 aromatic rings. The molecular formula is C60H102O29. The molecule has 35 atom stereocenters. The molecule has 5 heterocycles. The van der Waals surface area contributed by atoms with Crippen molar-refractivity contribution in [2.24, 2.45) is 45.3 Å². The van der Waals surface area contributed by atoms with Crippen molar-refractivity contribution in [2.45, 2.75) is 284 Å². The first kappa shape index (κ1) is 71.9. The van der Waals surface area contributed by atoms with Crippen LogP contribution in [0.15, 0.2) is 11.6 Å². The average molecular weight is 1290 g/mol. The molecule has 29 heteroatoms. The molecule has 19 N–H and O–H groups in total. The van der Waals surface area contributed by atoms with Crippen LogP contribution in [0.5, 0.6) is 0 Å². The smallest absolute Gasteiger partial charge is 0.187 e. The normalized spacial score (nSPS) is 51.8. The van der Waals surface area contributed by atoms with Gasteiger partial charge in [0.1, 0.15) is 122 Å². The van der Waals surface area contributed by atoms with Gasteiger partial charge in [-0.15, -0.1) is 0 Å².